The van der Waals surface area contributed by atoms with E-state index in [1.165, 1.54) is 11.9 Å². The third-order valence-corrected chi connectivity index (χ3v) is 3.13. The summed E-state index contributed by atoms with van der Waals surface area (Å²) in [6, 6.07) is 0.675. The summed E-state index contributed by atoms with van der Waals surface area (Å²) in [6.07, 6.45) is 1.98. The average Bonchev–Trinajstić information content (AvgIpc) is 2.87. The number of halogens is 2. The fourth-order valence-corrected chi connectivity index (χ4v) is 2.08. The van der Waals surface area contributed by atoms with Gasteiger partial charge < -0.3 is 15.5 Å². The van der Waals surface area contributed by atoms with Crippen molar-refractivity contribution in [3.63, 3.8) is 0 Å². The molecule has 0 aliphatic carbocycles. The molecule has 104 valence electrons. The number of carbonyl (C=O) groups excluding carboxylic acids is 1. The summed E-state index contributed by atoms with van der Waals surface area (Å²) >= 11 is 0. The minimum absolute atomic E-state index is 0.00497. The molecule has 1 aromatic heterocycles. The lowest BCUT2D eigenvalue weighted by Gasteiger charge is -2.22. The van der Waals surface area contributed by atoms with Gasteiger partial charge in [-0.1, -0.05) is 0 Å². The highest BCUT2D eigenvalue weighted by Crippen LogP contribution is 2.20. The molecule has 0 saturated carbocycles. The van der Waals surface area contributed by atoms with Gasteiger partial charge in [0.15, 0.2) is 23.3 Å². The lowest BCUT2D eigenvalue weighted by Crippen LogP contribution is -2.38. The van der Waals surface area contributed by atoms with Crippen LogP contribution in [0.2, 0.25) is 0 Å². The molecule has 2 heterocycles. The van der Waals surface area contributed by atoms with Gasteiger partial charge in [0.05, 0.1) is 6.54 Å². The van der Waals surface area contributed by atoms with Crippen molar-refractivity contribution in [3.05, 3.63) is 17.7 Å². The predicted molar refractivity (Wildman–Crippen MR) is 67.6 cm³/mol. The first-order valence-electron chi connectivity index (χ1n) is 6.09. The molecule has 19 heavy (non-hydrogen) atoms. The molecule has 2 rings (SSSR count). The first-order valence-corrected chi connectivity index (χ1v) is 6.09. The summed E-state index contributed by atoms with van der Waals surface area (Å²) < 4.78 is 26.6. The second-order valence-corrected chi connectivity index (χ2v) is 4.60. The van der Waals surface area contributed by atoms with Gasteiger partial charge in [-0.25, -0.2) is 13.8 Å². The van der Waals surface area contributed by atoms with Crippen molar-refractivity contribution in [1.82, 2.24) is 9.88 Å². The molecule has 5 nitrogen and oxygen atoms in total. The summed E-state index contributed by atoms with van der Waals surface area (Å²) in [4.78, 5) is 18.6. The zero-order valence-electron chi connectivity index (χ0n) is 10.7. The highest BCUT2D eigenvalue weighted by Gasteiger charge is 2.21. The van der Waals surface area contributed by atoms with Crippen LogP contribution in [-0.4, -0.2) is 42.5 Å². The van der Waals surface area contributed by atoms with E-state index >= 15 is 0 Å². The maximum Gasteiger partial charge on any atom is 0.242 e. The van der Waals surface area contributed by atoms with Crippen LogP contribution in [0.3, 0.4) is 0 Å². The van der Waals surface area contributed by atoms with Crippen LogP contribution in [0.4, 0.5) is 20.4 Å². The Morgan fingerprint density at radius 2 is 2.05 bits per heavy atom. The molecular weight excluding hydrogens is 254 g/mol. The van der Waals surface area contributed by atoms with Gasteiger partial charge in [0.25, 0.3) is 0 Å². The van der Waals surface area contributed by atoms with Gasteiger partial charge in [-0.05, 0) is 12.8 Å². The molecule has 1 aliphatic heterocycles. The number of hydrogen-bond donors (Lipinski definition) is 1. The van der Waals surface area contributed by atoms with Crippen molar-refractivity contribution in [3.8, 4) is 0 Å². The number of pyridine rings is 1. The lowest BCUT2D eigenvalue weighted by atomic mass is 10.3. The van der Waals surface area contributed by atoms with Crippen molar-refractivity contribution in [2.75, 3.05) is 37.3 Å². The molecule has 1 amide bonds. The quantitative estimate of drug-likeness (QED) is 0.890. The number of hydrogen-bond acceptors (Lipinski definition) is 4. The maximum absolute atomic E-state index is 13.6. The van der Waals surface area contributed by atoms with E-state index in [9.17, 15) is 13.6 Å². The minimum Gasteiger partial charge on any atom is -0.381 e. The molecule has 1 saturated heterocycles. The molecule has 1 fully saturated rings. The third kappa shape index (κ3) is 2.91. The first-order chi connectivity index (χ1) is 8.99. The number of nitrogens with two attached hydrogens (primary N) is 1. The van der Waals surface area contributed by atoms with Crippen LogP contribution in [0, 0.1) is 11.6 Å². The smallest absolute Gasteiger partial charge is 0.242 e. The van der Waals surface area contributed by atoms with E-state index in [0.717, 1.165) is 25.9 Å². The Hall–Kier alpha value is -1.92. The Bertz CT molecular complexity index is 489. The van der Waals surface area contributed by atoms with Crippen LogP contribution in [0.25, 0.3) is 0 Å². The van der Waals surface area contributed by atoms with E-state index in [1.807, 2.05) is 0 Å². The molecule has 0 atom stereocenters. The number of nitrogens with zero attached hydrogens (tertiary/aromatic N) is 3. The van der Waals surface area contributed by atoms with Crippen molar-refractivity contribution in [2.24, 2.45) is 0 Å². The van der Waals surface area contributed by atoms with Crippen LogP contribution >= 0.6 is 0 Å². The number of aromatic nitrogens is 1. The molecule has 0 aromatic carbocycles. The Morgan fingerprint density at radius 1 is 1.42 bits per heavy atom. The SMILES string of the molecule is CN(CC(=O)N1CCCC1)c1nc(N)c(F)cc1F. The average molecular weight is 270 g/mol. The van der Waals surface area contributed by atoms with Crippen molar-refractivity contribution >= 4 is 17.5 Å². The number of amides is 1. The zero-order chi connectivity index (χ0) is 14.0. The Labute approximate surface area is 110 Å². The number of nitrogen functional groups attached to an aromatic ring is 1. The number of carbonyl (C=O) groups is 1. The molecule has 1 aromatic rings. The highest BCUT2D eigenvalue weighted by atomic mass is 19.1. The zero-order valence-corrected chi connectivity index (χ0v) is 10.7. The lowest BCUT2D eigenvalue weighted by molar-refractivity contribution is -0.128. The predicted octanol–water partition coefficient (Wildman–Crippen LogP) is 1.00. The third-order valence-electron chi connectivity index (χ3n) is 3.13. The van der Waals surface area contributed by atoms with E-state index in [1.54, 1.807) is 4.90 Å². The summed E-state index contributed by atoms with van der Waals surface area (Å²) in [5, 5.41) is 0. The topological polar surface area (TPSA) is 62.5 Å². The minimum atomic E-state index is -0.902. The van der Waals surface area contributed by atoms with Crippen molar-refractivity contribution < 1.29 is 13.6 Å². The van der Waals surface area contributed by atoms with Gasteiger partial charge in [0.1, 0.15) is 0 Å². The standard InChI is InChI=1S/C12H16F2N4O/c1-17(7-10(19)18-4-2-3-5-18)12-9(14)6-8(13)11(15)16-12/h6H,2-5,7H2,1H3,(H2,15,16). The molecule has 2 N–H and O–H groups in total. The summed E-state index contributed by atoms with van der Waals surface area (Å²) in [5.74, 6) is -2.32. The van der Waals surface area contributed by atoms with E-state index in [-0.39, 0.29) is 24.1 Å². The molecule has 0 radical (unpaired) electrons. The Morgan fingerprint density at radius 3 is 2.68 bits per heavy atom. The monoisotopic (exact) mass is 270 g/mol. The van der Waals surface area contributed by atoms with E-state index < -0.39 is 11.6 Å². The number of likely N-dealkylation sites (N-methyl/N-ethyl adjacent to an activating group) is 1. The van der Waals surface area contributed by atoms with E-state index in [4.69, 9.17) is 5.73 Å². The van der Waals surface area contributed by atoms with Gasteiger partial charge in [-0.3, -0.25) is 4.79 Å². The van der Waals surface area contributed by atoms with Crippen LogP contribution in [-0.2, 0) is 4.79 Å². The Balaban J connectivity index is 2.09. The largest absolute Gasteiger partial charge is 0.381 e. The highest BCUT2D eigenvalue weighted by molar-refractivity contribution is 5.81. The van der Waals surface area contributed by atoms with Gasteiger partial charge in [-0.2, -0.15) is 0 Å². The van der Waals surface area contributed by atoms with Gasteiger partial charge >= 0.3 is 0 Å². The summed E-state index contributed by atoms with van der Waals surface area (Å²) in [6.45, 7) is 1.46. The molecule has 1 aliphatic rings. The van der Waals surface area contributed by atoms with Gasteiger partial charge in [0, 0.05) is 26.2 Å². The molecule has 0 bridgehead atoms. The van der Waals surface area contributed by atoms with Crippen LogP contribution in [0.1, 0.15) is 12.8 Å². The normalized spacial score (nSPS) is 14.8. The van der Waals surface area contributed by atoms with Crippen molar-refractivity contribution in [1.29, 1.82) is 0 Å². The molecule has 7 heteroatoms. The Kier molecular flexibility index (Phi) is 3.82. The first kappa shape index (κ1) is 13.5. The van der Waals surface area contributed by atoms with Crippen LogP contribution in [0.15, 0.2) is 6.07 Å². The fourth-order valence-electron chi connectivity index (χ4n) is 2.08. The van der Waals surface area contributed by atoms with Gasteiger partial charge in [-0.15, -0.1) is 0 Å². The van der Waals surface area contributed by atoms with Crippen molar-refractivity contribution in [2.45, 2.75) is 12.8 Å². The second kappa shape index (κ2) is 5.38. The molecular formula is C12H16F2N4O. The fraction of sp³-hybridized carbons (Fsp3) is 0.500. The number of anilines is 2. The summed E-state index contributed by atoms with van der Waals surface area (Å²) in [7, 11) is 1.52. The van der Waals surface area contributed by atoms with E-state index in [2.05, 4.69) is 4.98 Å². The van der Waals surface area contributed by atoms with Gasteiger partial charge in [0.2, 0.25) is 5.91 Å². The molecule has 0 spiro atoms. The van der Waals surface area contributed by atoms with Crippen LogP contribution < -0.4 is 10.6 Å². The second-order valence-electron chi connectivity index (χ2n) is 4.60. The summed E-state index contributed by atoms with van der Waals surface area (Å²) in [5.41, 5.74) is 5.31. The molecule has 0 unspecified atom stereocenters. The van der Waals surface area contributed by atoms with E-state index in [0.29, 0.717) is 6.07 Å². The number of rotatable bonds is 3. The van der Waals surface area contributed by atoms with Crippen LogP contribution in [0.5, 0.6) is 0 Å². The number of likely N-dealkylation sites (tertiary alicyclic amines) is 1. The maximum atomic E-state index is 13.6.